The molecular formula is C22H24N2O2S. The monoisotopic (exact) mass is 380 g/mol. The van der Waals surface area contributed by atoms with Crippen LogP contribution in [0, 0.1) is 0 Å². The lowest BCUT2D eigenvalue weighted by Gasteiger charge is -2.23. The van der Waals surface area contributed by atoms with E-state index in [-0.39, 0.29) is 18.2 Å². The number of nitrogens with two attached hydrogens (primary N) is 1. The van der Waals surface area contributed by atoms with E-state index in [9.17, 15) is 9.59 Å². The second kappa shape index (κ2) is 7.77. The molecule has 1 atom stereocenters. The number of nitrogens with zero attached hydrogens (tertiary/aromatic N) is 1. The normalized spacial score (nSPS) is 21.0. The van der Waals surface area contributed by atoms with Gasteiger partial charge in [-0.15, -0.1) is 11.8 Å². The quantitative estimate of drug-likeness (QED) is 0.615. The van der Waals surface area contributed by atoms with E-state index in [0.717, 1.165) is 4.90 Å². The predicted octanol–water partition coefficient (Wildman–Crippen LogP) is 4.74. The van der Waals surface area contributed by atoms with E-state index in [0.29, 0.717) is 17.3 Å². The molecule has 1 aliphatic heterocycles. The van der Waals surface area contributed by atoms with Gasteiger partial charge in [-0.25, -0.2) is 4.90 Å². The summed E-state index contributed by atoms with van der Waals surface area (Å²) in [6.07, 6.45) is 6.59. The number of imide groups is 1. The smallest absolute Gasteiger partial charge is 0.247 e. The number of anilines is 2. The molecule has 0 radical (unpaired) electrons. The van der Waals surface area contributed by atoms with E-state index in [1.165, 1.54) is 54.3 Å². The molecule has 0 spiro atoms. The molecule has 5 heteroatoms. The zero-order chi connectivity index (χ0) is 18.8. The molecule has 4 nitrogen and oxygen atoms in total. The summed E-state index contributed by atoms with van der Waals surface area (Å²) in [5, 5.41) is -0.416. The number of amides is 2. The molecular weight excluding hydrogens is 356 g/mol. The van der Waals surface area contributed by atoms with Crippen molar-refractivity contribution in [2.75, 3.05) is 10.6 Å². The zero-order valence-electron chi connectivity index (χ0n) is 15.3. The summed E-state index contributed by atoms with van der Waals surface area (Å²) in [6.45, 7) is 0. The molecule has 1 saturated carbocycles. The van der Waals surface area contributed by atoms with Crippen LogP contribution in [0.3, 0.4) is 0 Å². The van der Waals surface area contributed by atoms with Crippen molar-refractivity contribution in [3.05, 3.63) is 54.1 Å². The Hall–Kier alpha value is -2.27. The van der Waals surface area contributed by atoms with Gasteiger partial charge in [0.15, 0.2) is 0 Å². The minimum absolute atomic E-state index is 0.141. The molecule has 2 aliphatic rings. The highest BCUT2D eigenvalue weighted by molar-refractivity contribution is 8.00. The number of carbonyl (C=O) groups is 2. The van der Waals surface area contributed by atoms with Crippen molar-refractivity contribution in [1.29, 1.82) is 0 Å². The second-order valence-corrected chi connectivity index (χ2v) is 8.59. The highest BCUT2D eigenvalue weighted by Gasteiger charge is 2.40. The number of nitrogen functional groups attached to an aromatic ring is 1. The first-order chi connectivity index (χ1) is 13.1. The van der Waals surface area contributed by atoms with Gasteiger partial charge in [0, 0.05) is 17.0 Å². The minimum Gasteiger partial charge on any atom is -0.398 e. The number of carbonyl (C=O) groups excluding carboxylic acids is 2. The van der Waals surface area contributed by atoms with Gasteiger partial charge in [-0.2, -0.15) is 0 Å². The summed E-state index contributed by atoms with van der Waals surface area (Å²) in [5.41, 5.74) is 8.61. The molecule has 4 rings (SSSR count). The summed E-state index contributed by atoms with van der Waals surface area (Å²) >= 11 is 1.38. The Kier molecular flexibility index (Phi) is 5.21. The third-order valence-electron chi connectivity index (χ3n) is 5.52. The van der Waals surface area contributed by atoms with E-state index in [1.807, 2.05) is 36.4 Å². The van der Waals surface area contributed by atoms with Gasteiger partial charge in [0.2, 0.25) is 11.8 Å². The van der Waals surface area contributed by atoms with E-state index >= 15 is 0 Å². The Morgan fingerprint density at radius 2 is 1.63 bits per heavy atom. The lowest BCUT2D eigenvalue weighted by molar-refractivity contribution is -0.121. The highest BCUT2D eigenvalue weighted by Crippen LogP contribution is 2.37. The van der Waals surface area contributed by atoms with Crippen LogP contribution < -0.4 is 10.6 Å². The Labute approximate surface area is 164 Å². The van der Waals surface area contributed by atoms with Crippen molar-refractivity contribution in [3.63, 3.8) is 0 Å². The molecule has 2 fully saturated rings. The van der Waals surface area contributed by atoms with Crippen LogP contribution >= 0.6 is 11.8 Å². The average Bonchev–Trinajstić information content (AvgIpc) is 2.98. The van der Waals surface area contributed by atoms with Crippen molar-refractivity contribution in [2.24, 2.45) is 0 Å². The van der Waals surface area contributed by atoms with Gasteiger partial charge >= 0.3 is 0 Å². The molecule has 27 heavy (non-hydrogen) atoms. The largest absolute Gasteiger partial charge is 0.398 e. The lowest BCUT2D eigenvalue weighted by Crippen LogP contribution is -2.31. The molecule has 2 aromatic rings. The minimum atomic E-state index is -0.416. The number of benzene rings is 2. The Balaban J connectivity index is 1.49. The molecule has 0 aromatic heterocycles. The first kappa shape index (κ1) is 18.1. The Morgan fingerprint density at radius 3 is 2.33 bits per heavy atom. The maximum atomic E-state index is 12.9. The van der Waals surface area contributed by atoms with Crippen molar-refractivity contribution < 1.29 is 9.59 Å². The van der Waals surface area contributed by atoms with Crippen molar-refractivity contribution in [2.45, 2.75) is 54.6 Å². The van der Waals surface area contributed by atoms with E-state index in [4.69, 9.17) is 5.73 Å². The van der Waals surface area contributed by atoms with Crippen molar-refractivity contribution in [1.82, 2.24) is 0 Å². The number of hydrogen-bond acceptors (Lipinski definition) is 4. The molecule has 2 amide bonds. The fourth-order valence-corrected chi connectivity index (χ4v) is 5.14. The number of rotatable bonds is 4. The SMILES string of the molecule is Nc1ccccc1S[C@@H]1CC(=O)N(c2ccc(C3CCCCC3)cc2)C1=O. The Morgan fingerprint density at radius 1 is 0.926 bits per heavy atom. The van der Waals surface area contributed by atoms with Crippen LogP contribution in [0.5, 0.6) is 0 Å². The third-order valence-corrected chi connectivity index (χ3v) is 6.80. The molecule has 1 saturated heterocycles. The summed E-state index contributed by atoms with van der Waals surface area (Å²) in [7, 11) is 0. The predicted molar refractivity (Wildman–Crippen MR) is 110 cm³/mol. The van der Waals surface area contributed by atoms with Crippen molar-refractivity contribution >= 4 is 35.0 Å². The van der Waals surface area contributed by atoms with Crippen LogP contribution in [0.15, 0.2) is 53.4 Å². The highest BCUT2D eigenvalue weighted by atomic mass is 32.2. The lowest BCUT2D eigenvalue weighted by atomic mass is 9.84. The number of thioether (sulfide) groups is 1. The average molecular weight is 381 g/mol. The topological polar surface area (TPSA) is 63.4 Å². The number of para-hydroxylation sites is 1. The van der Waals surface area contributed by atoms with Crippen LogP contribution in [0.4, 0.5) is 11.4 Å². The maximum absolute atomic E-state index is 12.9. The van der Waals surface area contributed by atoms with Gasteiger partial charge in [0.05, 0.1) is 10.9 Å². The fraction of sp³-hybridized carbons (Fsp3) is 0.364. The standard InChI is InChI=1S/C22H24N2O2S/c23-18-8-4-5-9-19(18)27-20-14-21(25)24(22(20)26)17-12-10-16(11-13-17)15-6-2-1-3-7-15/h4-5,8-13,15,20H,1-3,6-7,14,23H2/t20-/m1/s1. The molecule has 1 aliphatic carbocycles. The van der Waals surface area contributed by atoms with Gasteiger partial charge in [0.25, 0.3) is 0 Å². The van der Waals surface area contributed by atoms with Gasteiger partial charge < -0.3 is 5.73 Å². The molecule has 1 heterocycles. The van der Waals surface area contributed by atoms with Gasteiger partial charge in [0.1, 0.15) is 0 Å². The maximum Gasteiger partial charge on any atom is 0.247 e. The van der Waals surface area contributed by atoms with Crippen LogP contribution in [-0.2, 0) is 9.59 Å². The second-order valence-electron chi connectivity index (χ2n) is 7.34. The van der Waals surface area contributed by atoms with Crippen LogP contribution in [0.1, 0.15) is 50.0 Å². The first-order valence-electron chi connectivity index (χ1n) is 9.61. The zero-order valence-corrected chi connectivity index (χ0v) is 16.1. The van der Waals surface area contributed by atoms with E-state index in [1.54, 1.807) is 0 Å². The van der Waals surface area contributed by atoms with Gasteiger partial charge in [-0.3, -0.25) is 9.59 Å². The summed E-state index contributed by atoms with van der Waals surface area (Å²) in [4.78, 5) is 27.6. The molecule has 140 valence electrons. The van der Waals surface area contributed by atoms with E-state index < -0.39 is 5.25 Å². The van der Waals surface area contributed by atoms with Crippen molar-refractivity contribution in [3.8, 4) is 0 Å². The number of hydrogen-bond donors (Lipinski definition) is 1. The third kappa shape index (κ3) is 3.74. The van der Waals surface area contributed by atoms with Gasteiger partial charge in [-0.05, 0) is 48.6 Å². The van der Waals surface area contributed by atoms with Gasteiger partial charge in [-0.1, -0.05) is 43.5 Å². The van der Waals surface area contributed by atoms with Crippen LogP contribution in [-0.4, -0.2) is 17.1 Å². The summed E-state index contributed by atoms with van der Waals surface area (Å²) < 4.78 is 0. The van der Waals surface area contributed by atoms with Crippen LogP contribution in [0.2, 0.25) is 0 Å². The first-order valence-corrected chi connectivity index (χ1v) is 10.5. The molecule has 0 bridgehead atoms. The Bertz CT molecular complexity index is 844. The molecule has 0 unspecified atom stereocenters. The summed E-state index contributed by atoms with van der Waals surface area (Å²) in [5.74, 6) is 0.318. The molecule has 2 N–H and O–H groups in total. The van der Waals surface area contributed by atoms with E-state index in [2.05, 4.69) is 12.1 Å². The molecule has 2 aromatic carbocycles. The van der Waals surface area contributed by atoms with Crippen LogP contribution in [0.25, 0.3) is 0 Å². The summed E-state index contributed by atoms with van der Waals surface area (Å²) in [6, 6.07) is 15.5. The fourth-order valence-electron chi connectivity index (χ4n) is 4.04.